The maximum absolute atomic E-state index is 6.54. The van der Waals surface area contributed by atoms with Crippen molar-refractivity contribution in [2.24, 2.45) is 23.5 Å². The third kappa shape index (κ3) is 6.71. The summed E-state index contributed by atoms with van der Waals surface area (Å²) in [5.41, 5.74) is 6.57. The summed E-state index contributed by atoms with van der Waals surface area (Å²) in [5, 5.41) is 0. The largest absolute Gasteiger partial charge is 0.325 e. The molecule has 1 nitrogen and oxygen atoms in total. The zero-order chi connectivity index (χ0) is 13.5. The van der Waals surface area contributed by atoms with Crippen LogP contribution in [0.5, 0.6) is 0 Å². The number of hydrogen-bond donors (Lipinski definition) is 1. The topological polar surface area (TPSA) is 26.0 Å². The van der Waals surface area contributed by atoms with Gasteiger partial charge in [0.05, 0.1) is 0 Å². The number of rotatable bonds is 9. The van der Waals surface area contributed by atoms with Gasteiger partial charge in [0.15, 0.2) is 0 Å². The number of thioether (sulfide) groups is 1. The fourth-order valence-electron chi connectivity index (χ4n) is 2.20. The Hall–Kier alpha value is 0.310. The SMILES string of the molecule is CC(C)CSCCCCC(N)(C(C)C)C(C)C. The zero-order valence-electron chi connectivity index (χ0n) is 12.8. The number of unbranched alkanes of at least 4 members (excludes halogenated alkanes) is 1. The van der Waals surface area contributed by atoms with Crippen LogP contribution in [0, 0.1) is 17.8 Å². The van der Waals surface area contributed by atoms with Crippen molar-refractivity contribution < 1.29 is 0 Å². The van der Waals surface area contributed by atoms with Crippen LogP contribution in [0.25, 0.3) is 0 Å². The van der Waals surface area contributed by atoms with Crippen molar-refractivity contribution in [1.82, 2.24) is 0 Å². The Kier molecular flexibility index (Phi) is 8.57. The van der Waals surface area contributed by atoms with Crippen molar-refractivity contribution >= 4 is 11.8 Å². The van der Waals surface area contributed by atoms with E-state index < -0.39 is 0 Å². The summed E-state index contributed by atoms with van der Waals surface area (Å²) in [6.45, 7) is 13.6. The first-order valence-corrected chi connectivity index (χ1v) is 8.32. The van der Waals surface area contributed by atoms with E-state index in [1.54, 1.807) is 0 Å². The average Bonchev–Trinajstić information content (AvgIpc) is 2.21. The first-order valence-electron chi connectivity index (χ1n) is 7.17. The molecule has 0 aliphatic rings. The average molecular weight is 260 g/mol. The molecule has 0 spiro atoms. The smallest absolute Gasteiger partial charge is 0.0200 e. The van der Waals surface area contributed by atoms with E-state index in [1.807, 2.05) is 0 Å². The minimum Gasteiger partial charge on any atom is -0.325 e. The van der Waals surface area contributed by atoms with E-state index in [-0.39, 0.29) is 5.54 Å². The van der Waals surface area contributed by atoms with Crippen molar-refractivity contribution in [2.45, 2.75) is 66.3 Å². The lowest BCUT2D eigenvalue weighted by Crippen LogP contribution is -2.49. The van der Waals surface area contributed by atoms with Crippen LogP contribution in [-0.2, 0) is 0 Å². The van der Waals surface area contributed by atoms with Crippen LogP contribution in [0.1, 0.15) is 60.8 Å². The van der Waals surface area contributed by atoms with E-state index in [9.17, 15) is 0 Å². The molecule has 0 heterocycles. The zero-order valence-corrected chi connectivity index (χ0v) is 13.6. The summed E-state index contributed by atoms with van der Waals surface area (Å²) in [6.07, 6.45) is 3.76. The lowest BCUT2D eigenvalue weighted by Gasteiger charge is -2.38. The lowest BCUT2D eigenvalue weighted by atomic mass is 9.74. The van der Waals surface area contributed by atoms with Gasteiger partial charge in [-0.25, -0.2) is 0 Å². The third-order valence-corrected chi connectivity index (χ3v) is 5.23. The van der Waals surface area contributed by atoms with Gasteiger partial charge in [0.1, 0.15) is 0 Å². The molecule has 0 saturated heterocycles. The molecule has 17 heavy (non-hydrogen) atoms. The Labute approximate surface area is 113 Å². The summed E-state index contributed by atoms with van der Waals surface area (Å²) >= 11 is 2.09. The van der Waals surface area contributed by atoms with Gasteiger partial charge in [-0.15, -0.1) is 0 Å². The molecule has 0 rings (SSSR count). The molecule has 0 radical (unpaired) electrons. The molecule has 0 aliphatic carbocycles. The van der Waals surface area contributed by atoms with Gasteiger partial charge in [0.25, 0.3) is 0 Å². The molecule has 0 aromatic rings. The fourth-order valence-corrected chi connectivity index (χ4v) is 3.24. The summed E-state index contributed by atoms with van der Waals surface area (Å²) in [7, 11) is 0. The Morgan fingerprint density at radius 1 is 0.941 bits per heavy atom. The van der Waals surface area contributed by atoms with Crippen molar-refractivity contribution in [2.75, 3.05) is 11.5 Å². The quantitative estimate of drug-likeness (QED) is 0.615. The predicted octanol–water partition coefficient (Wildman–Crippen LogP) is 4.56. The molecular formula is C15H33NS. The standard InChI is InChI=1S/C15H33NS/c1-12(2)11-17-10-8-7-9-15(16,13(3)4)14(5)6/h12-14H,7-11,16H2,1-6H3. The Balaban J connectivity index is 3.77. The van der Waals surface area contributed by atoms with Gasteiger partial charge in [-0.3, -0.25) is 0 Å². The molecule has 0 amide bonds. The van der Waals surface area contributed by atoms with Crippen LogP contribution in [0.3, 0.4) is 0 Å². The van der Waals surface area contributed by atoms with Gasteiger partial charge in [0, 0.05) is 5.54 Å². The summed E-state index contributed by atoms with van der Waals surface area (Å²) in [5.74, 6) is 4.56. The van der Waals surface area contributed by atoms with Gasteiger partial charge < -0.3 is 5.73 Å². The molecule has 0 aliphatic heterocycles. The highest BCUT2D eigenvalue weighted by molar-refractivity contribution is 7.99. The lowest BCUT2D eigenvalue weighted by molar-refractivity contribution is 0.203. The normalized spacial score (nSPS) is 13.1. The second-order valence-corrected chi connectivity index (χ2v) is 7.50. The Bertz CT molecular complexity index is 179. The molecule has 0 bridgehead atoms. The highest BCUT2D eigenvalue weighted by Gasteiger charge is 2.31. The molecule has 0 aromatic carbocycles. The monoisotopic (exact) mass is 259 g/mol. The van der Waals surface area contributed by atoms with E-state index in [1.165, 1.54) is 30.8 Å². The maximum Gasteiger partial charge on any atom is 0.0200 e. The minimum atomic E-state index is 0.0305. The third-order valence-electron chi connectivity index (χ3n) is 3.75. The van der Waals surface area contributed by atoms with E-state index in [4.69, 9.17) is 5.73 Å². The first-order chi connectivity index (χ1) is 7.80. The van der Waals surface area contributed by atoms with E-state index in [0.29, 0.717) is 11.8 Å². The van der Waals surface area contributed by atoms with Crippen LogP contribution in [0.4, 0.5) is 0 Å². The van der Waals surface area contributed by atoms with Gasteiger partial charge in [-0.2, -0.15) is 11.8 Å². The molecular weight excluding hydrogens is 226 g/mol. The van der Waals surface area contributed by atoms with Gasteiger partial charge in [-0.05, 0) is 42.1 Å². The fraction of sp³-hybridized carbons (Fsp3) is 1.00. The van der Waals surface area contributed by atoms with Crippen LogP contribution >= 0.6 is 11.8 Å². The molecule has 0 unspecified atom stereocenters. The van der Waals surface area contributed by atoms with Gasteiger partial charge >= 0.3 is 0 Å². The molecule has 0 saturated carbocycles. The van der Waals surface area contributed by atoms with Crippen LogP contribution in [0.15, 0.2) is 0 Å². The highest BCUT2D eigenvalue weighted by Crippen LogP contribution is 2.29. The van der Waals surface area contributed by atoms with Gasteiger partial charge in [-0.1, -0.05) is 48.0 Å². The van der Waals surface area contributed by atoms with Crippen molar-refractivity contribution in [1.29, 1.82) is 0 Å². The van der Waals surface area contributed by atoms with Crippen molar-refractivity contribution in [3.05, 3.63) is 0 Å². The second kappa shape index (κ2) is 8.42. The summed E-state index contributed by atoms with van der Waals surface area (Å²) in [4.78, 5) is 0. The van der Waals surface area contributed by atoms with E-state index >= 15 is 0 Å². The molecule has 104 valence electrons. The summed E-state index contributed by atoms with van der Waals surface area (Å²) < 4.78 is 0. The predicted molar refractivity (Wildman–Crippen MR) is 82.6 cm³/mol. The maximum atomic E-state index is 6.54. The second-order valence-electron chi connectivity index (χ2n) is 6.35. The highest BCUT2D eigenvalue weighted by atomic mass is 32.2. The molecule has 0 fully saturated rings. The van der Waals surface area contributed by atoms with Gasteiger partial charge in [0.2, 0.25) is 0 Å². The van der Waals surface area contributed by atoms with Crippen LogP contribution in [0.2, 0.25) is 0 Å². The minimum absolute atomic E-state index is 0.0305. The number of hydrogen-bond acceptors (Lipinski definition) is 2. The van der Waals surface area contributed by atoms with Crippen molar-refractivity contribution in [3.63, 3.8) is 0 Å². The summed E-state index contributed by atoms with van der Waals surface area (Å²) in [6, 6.07) is 0. The van der Waals surface area contributed by atoms with E-state index in [2.05, 4.69) is 53.3 Å². The molecule has 2 heteroatoms. The van der Waals surface area contributed by atoms with E-state index in [0.717, 1.165) is 5.92 Å². The first kappa shape index (κ1) is 17.3. The molecule has 0 atom stereocenters. The molecule has 0 aromatic heterocycles. The molecule has 2 N–H and O–H groups in total. The Morgan fingerprint density at radius 2 is 1.47 bits per heavy atom. The number of nitrogens with two attached hydrogens (primary N) is 1. The Morgan fingerprint density at radius 3 is 1.88 bits per heavy atom. The van der Waals surface area contributed by atoms with Crippen LogP contribution < -0.4 is 5.73 Å². The van der Waals surface area contributed by atoms with Crippen LogP contribution in [-0.4, -0.2) is 17.0 Å². The van der Waals surface area contributed by atoms with Crippen molar-refractivity contribution in [3.8, 4) is 0 Å².